The largest absolute Gasteiger partial charge is 0.351 e. The molecule has 0 saturated heterocycles. The van der Waals surface area contributed by atoms with Gasteiger partial charge in [0.15, 0.2) is 0 Å². The number of nitrogens with one attached hydrogen (secondary N) is 1. The van der Waals surface area contributed by atoms with Gasteiger partial charge in [0.25, 0.3) is 0 Å². The van der Waals surface area contributed by atoms with Crippen molar-refractivity contribution >= 4 is 17.3 Å². The predicted molar refractivity (Wildman–Crippen MR) is 69.0 cm³/mol. The molecule has 0 bridgehead atoms. The van der Waals surface area contributed by atoms with E-state index >= 15 is 0 Å². The summed E-state index contributed by atoms with van der Waals surface area (Å²) in [6, 6.07) is 4.75. The predicted octanol–water partition coefficient (Wildman–Crippen LogP) is 3.45. The molecule has 2 aromatic heterocycles. The van der Waals surface area contributed by atoms with E-state index in [0.29, 0.717) is 6.04 Å². The molecule has 86 valence electrons. The average Bonchev–Trinajstić information content (AvgIpc) is 2.83. The van der Waals surface area contributed by atoms with E-state index in [1.807, 2.05) is 23.7 Å². The third-order valence-electron chi connectivity index (χ3n) is 2.44. The van der Waals surface area contributed by atoms with Crippen molar-refractivity contribution in [3.63, 3.8) is 0 Å². The summed E-state index contributed by atoms with van der Waals surface area (Å²) < 4.78 is 2.14. The molecule has 2 rings (SSSR count). The fourth-order valence-corrected chi connectivity index (χ4v) is 2.44. The highest BCUT2D eigenvalue weighted by atomic mass is 32.1. The zero-order chi connectivity index (χ0) is 11.5. The lowest BCUT2D eigenvalue weighted by molar-refractivity contribution is 0.605. The summed E-state index contributed by atoms with van der Waals surface area (Å²) in [5.74, 6) is 0.945. The molecule has 2 aromatic rings. The summed E-state index contributed by atoms with van der Waals surface area (Å²) in [4.78, 5) is 7.01. The van der Waals surface area contributed by atoms with E-state index in [1.54, 1.807) is 0 Å². The van der Waals surface area contributed by atoms with Gasteiger partial charge in [-0.05, 0) is 32.9 Å². The van der Waals surface area contributed by atoms with E-state index < -0.39 is 0 Å². The number of thiophene rings is 1. The van der Waals surface area contributed by atoms with E-state index in [0.717, 1.165) is 12.5 Å². The summed E-state index contributed by atoms with van der Waals surface area (Å²) in [5, 5.41) is 3.37. The molecule has 2 heterocycles. The summed E-state index contributed by atoms with van der Waals surface area (Å²) in [6.45, 7) is 7.29. The summed E-state index contributed by atoms with van der Waals surface area (Å²) >= 11 is 1.82. The standard InChI is InChI=1S/C12H17N3S/c1-9(2)15-7-6-13-12(15)14-8-11-5-4-10(3)16-11/h4-7,9H,8H2,1-3H3,(H,13,14). The van der Waals surface area contributed by atoms with Gasteiger partial charge < -0.3 is 9.88 Å². The second-order valence-corrected chi connectivity index (χ2v) is 5.49. The Hall–Kier alpha value is -1.29. The van der Waals surface area contributed by atoms with Gasteiger partial charge in [-0.1, -0.05) is 0 Å². The van der Waals surface area contributed by atoms with E-state index in [9.17, 15) is 0 Å². The zero-order valence-corrected chi connectivity index (χ0v) is 10.7. The lowest BCUT2D eigenvalue weighted by atomic mass is 10.4. The van der Waals surface area contributed by atoms with Crippen molar-refractivity contribution in [2.45, 2.75) is 33.4 Å². The fraction of sp³-hybridized carbons (Fsp3) is 0.417. The second kappa shape index (κ2) is 4.70. The second-order valence-electron chi connectivity index (χ2n) is 4.12. The molecule has 0 radical (unpaired) electrons. The highest BCUT2D eigenvalue weighted by Gasteiger charge is 2.05. The maximum absolute atomic E-state index is 4.32. The van der Waals surface area contributed by atoms with Crippen LogP contribution in [-0.2, 0) is 6.54 Å². The third kappa shape index (κ3) is 2.44. The van der Waals surface area contributed by atoms with Crippen LogP contribution in [0.5, 0.6) is 0 Å². The number of nitrogens with zero attached hydrogens (tertiary/aromatic N) is 2. The van der Waals surface area contributed by atoms with Crippen molar-refractivity contribution in [1.82, 2.24) is 9.55 Å². The van der Waals surface area contributed by atoms with Crippen molar-refractivity contribution in [2.75, 3.05) is 5.32 Å². The quantitative estimate of drug-likeness (QED) is 0.879. The number of aryl methyl sites for hydroxylation is 1. The number of hydrogen-bond acceptors (Lipinski definition) is 3. The van der Waals surface area contributed by atoms with E-state index in [1.165, 1.54) is 9.75 Å². The van der Waals surface area contributed by atoms with Gasteiger partial charge in [0.1, 0.15) is 0 Å². The molecule has 0 spiro atoms. The van der Waals surface area contributed by atoms with Crippen molar-refractivity contribution in [2.24, 2.45) is 0 Å². The Labute approximate surface area is 100 Å². The molecule has 16 heavy (non-hydrogen) atoms. The third-order valence-corrected chi connectivity index (χ3v) is 3.44. The van der Waals surface area contributed by atoms with Crippen LogP contribution in [0.4, 0.5) is 5.95 Å². The van der Waals surface area contributed by atoms with Crippen LogP contribution in [0, 0.1) is 6.92 Å². The fourth-order valence-electron chi connectivity index (χ4n) is 1.61. The van der Waals surface area contributed by atoms with Crippen LogP contribution in [0.3, 0.4) is 0 Å². The van der Waals surface area contributed by atoms with Crippen LogP contribution in [0.25, 0.3) is 0 Å². The molecule has 0 amide bonds. The minimum atomic E-state index is 0.440. The number of rotatable bonds is 4. The molecule has 1 N–H and O–H groups in total. The lowest BCUT2D eigenvalue weighted by Gasteiger charge is -2.12. The molecule has 3 nitrogen and oxygen atoms in total. The van der Waals surface area contributed by atoms with E-state index in [2.05, 4.69) is 47.8 Å². The molecule has 0 unspecified atom stereocenters. The van der Waals surface area contributed by atoms with Crippen LogP contribution in [0.15, 0.2) is 24.5 Å². The van der Waals surface area contributed by atoms with Crippen molar-refractivity contribution in [3.8, 4) is 0 Å². The smallest absolute Gasteiger partial charge is 0.203 e. The maximum atomic E-state index is 4.32. The highest BCUT2D eigenvalue weighted by molar-refractivity contribution is 7.11. The van der Waals surface area contributed by atoms with Crippen LogP contribution in [0.1, 0.15) is 29.6 Å². The molecular weight excluding hydrogens is 218 g/mol. The van der Waals surface area contributed by atoms with Crippen LogP contribution < -0.4 is 5.32 Å². The monoisotopic (exact) mass is 235 g/mol. The SMILES string of the molecule is Cc1ccc(CNc2nccn2C(C)C)s1. The molecule has 0 atom stereocenters. The van der Waals surface area contributed by atoms with Gasteiger partial charge >= 0.3 is 0 Å². The molecule has 0 aliphatic rings. The Morgan fingerprint density at radius 2 is 2.25 bits per heavy atom. The minimum Gasteiger partial charge on any atom is -0.351 e. The molecular formula is C12H17N3S. The van der Waals surface area contributed by atoms with Gasteiger partial charge in [0, 0.05) is 28.2 Å². The van der Waals surface area contributed by atoms with Gasteiger partial charge in [0.05, 0.1) is 6.54 Å². The van der Waals surface area contributed by atoms with Crippen LogP contribution in [-0.4, -0.2) is 9.55 Å². The number of hydrogen-bond donors (Lipinski definition) is 1. The summed E-state index contributed by atoms with van der Waals surface area (Å²) in [7, 11) is 0. The molecule has 0 aliphatic carbocycles. The van der Waals surface area contributed by atoms with Gasteiger partial charge in [0.2, 0.25) is 5.95 Å². The van der Waals surface area contributed by atoms with Gasteiger partial charge in [-0.25, -0.2) is 4.98 Å². The van der Waals surface area contributed by atoms with Gasteiger partial charge in [-0.3, -0.25) is 0 Å². The maximum Gasteiger partial charge on any atom is 0.203 e. The van der Waals surface area contributed by atoms with Crippen LogP contribution in [0.2, 0.25) is 0 Å². The summed E-state index contributed by atoms with van der Waals surface area (Å²) in [6.07, 6.45) is 3.84. The molecule has 0 saturated carbocycles. The van der Waals surface area contributed by atoms with Crippen molar-refractivity contribution < 1.29 is 0 Å². The molecule has 0 fully saturated rings. The van der Waals surface area contributed by atoms with Crippen molar-refractivity contribution in [3.05, 3.63) is 34.3 Å². The Balaban J connectivity index is 2.02. The number of anilines is 1. The van der Waals surface area contributed by atoms with E-state index in [4.69, 9.17) is 0 Å². The first-order valence-corrected chi connectivity index (χ1v) is 6.30. The average molecular weight is 235 g/mol. The van der Waals surface area contributed by atoms with Gasteiger partial charge in [-0.2, -0.15) is 0 Å². The Bertz CT molecular complexity index is 456. The molecule has 0 aromatic carbocycles. The topological polar surface area (TPSA) is 29.9 Å². The van der Waals surface area contributed by atoms with Crippen molar-refractivity contribution in [1.29, 1.82) is 0 Å². The minimum absolute atomic E-state index is 0.440. The summed E-state index contributed by atoms with van der Waals surface area (Å²) in [5.41, 5.74) is 0. The normalized spacial score (nSPS) is 11.0. The molecule has 0 aliphatic heterocycles. The van der Waals surface area contributed by atoms with E-state index in [-0.39, 0.29) is 0 Å². The number of imidazole rings is 1. The first kappa shape index (κ1) is 11.2. The Morgan fingerprint density at radius 3 is 2.88 bits per heavy atom. The zero-order valence-electron chi connectivity index (χ0n) is 9.90. The first-order valence-electron chi connectivity index (χ1n) is 5.49. The highest BCUT2D eigenvalue weighted by Crippen LogP contribution is 2.18. The first-order chi connectivity index (χ1) is 7.66. The lowest BCUT2D eigenvalue weighted by Crippen LogP contribution is -2.08. The Kier molecular flexibility index (Phi) is 3.29. The van der Waals surface area contributed by atoms with Crippen LogP contribution >= 0.6 is 11.3 Å². The number of aromatic nitrogens is 2. The Morgan fingerprint density at radius 1 is 1.44 bits per heavy atom. The van der Waals surface area contributed by atoms with Gasteiger partial charge in [-0.15, -0.1) is 11.3 Å². The molecule has 4 heteroatoms.